The summed E-state index contributed by atoms with van der Waals surface area (Å²) < 4.78 is 32.3. The maximum Gasteiger partial charge on any atom is 0.255 e. The largest absolute Gasteiger partial charge is 0.492 e. The van der Waals surface area contributed by atoms with Gasteiger partial charge in [-0.05, 0) is 53.8 Å². The quantitative estimate of drug-likeness (QED) is 0.299. The van der Waals surface area contributed by atoms with Gasteiger partial charge in [-0.3, -0.25) is 14.5 Å². The third kappa shape index (κ3) is 6.90. The van der Waals surface area contributed by atoms with E-state index in [4.69, 9.17) is 4.74 Å². The van der Waals surface area contributed by atoms with Crippen molar-refractivity contribution in [2.45, 2.75) is 33.1 Å². The molecule has 0 radical (unpaired) electrons. The van der Waals surface area contributed by atoms with Crippen LogP contribution in [0.1, 0.15) is 42.3 Å². The molecule has 1 fully saturated rings. The molecule has 3 heterocycles. The second-order valence-corrected chi connectivity index (χ2v) is 14.4. The fourth-order valence-electron chi connectivity index (χ4n) is 5.68. The number of hydrogen-bond acceptors (Lipinski definition) is 10. The molecule has 1 saturated heterocycles. The Balaban J connectivity index is 1.39. The molecule has 5 rings (SSSR count). The zero-order chi connectivity index (χ0) is 31.8. The number of methoxy groups -OCH3 is 1. The van der Waals surface area contributed by atoms with Gasteiger partial charge < -0.3 is 30.6 Å². The topological polar surface area (TPSA) is 130 Å². The highest BCUT2D eigenvalue weighted by Gasteiger charge is 2.30. The highest BCUT2D eigenvalue weighted by molar-refractivity contribution is 7.92. The standard InChI is InChI=1S/C31H44N8O4S/c1-20-8-9-21(30(40)33-24-16-23(31(2,3)4)17-25(29(24)43-6)35-44(7,41)42)14-27(20)39-19-26(34-36-39)22-15-28(37(5)18-22)38-12-10-32-11-13-38/h8-9,14-17,19,22,32,34-36H,10-13,18H2,1-7H3,(H,33,40). The SMILES string of the molecule is COc1c(NC(=O)c2ccc(C)c(N3C=C(C4C=C(N5CCNCC5)N(C)C4)NN3)c2)cc(C(C)(C)C)cc1NS(C)(=O)=O. The van der Waals surface area contributed by atoms with Gasteiger partial charge in [0.1, 0.15) is 5.82 Å². The monoisotopic (exact) mass is 624 g/mol. The number of aryl methyl sites for hydroxylation is 1. The fraction of sp³-hybridized carbons (Fsp3) is 0.452. The molecule has 3 aliphatic heterocycles. The molecule has 238 valence electrons. The van der Waals surface area contributed by atoms with Crippen LogP contribution in [0.25, 0.3) is 0 Å². The van der Waals surface area contributed by atoms with E-state index in [1.54, 1.807) is 12.1 Å². The number of carbonyl (C=O) groups is 1. The Kier molecular flexibility index (Phi) is 8.74. The predicted molar refractivity (Wildman–Crippen MR) is 175 cm³/mol. The minimum absolute atomic E-state index is 0.200. The molecule has 1 amide bonds. The van der Waals surface area contributed by atoms with Crippen LogP contribution in [0.2, 0.25) is 0 Å². The van der Waals surface area contributed by atoms with Crippen LogP contribution in [0.4, 0.5) is 17.1 Å². The van der Waals surface area contributed by atoms with Crippen molar-refractivity contribution in [3.05, 3.63) is 70.8 Å². The van der Waals surface area contributed by atoms with Crippen molar-refractivity contribution >= 4 is 33.0 Å². The number of piperazine rings is 1. The number of nitrogens with zero attached hydrogens (tertiary/aromatic N) is 3. The summed E-state index contributed by atoms with van der Waals surface area (Å²) in [5.41, 5.74) is 11.0. The molecule has 2 aromatic rings. The van der Waals surface area contributed by atoms with E-state index < -0.39 is 10.0 Å². The van der Waals surface area contributed by atoms with Crippen LogP contribution < -0.4 is 36.1 Å². The maximum absolute atomic E-state index is 13.6. The lowest BCUT2D eigenvalue weighted by Gasteiger charge is -2.33. The van der Waals surface area contributed by atoms with E-state index in [9.17, 15) is 13.2 Å². The number of sulfonamides is 1. The normalized spacial score (nSPS) is 19.0. The lowest BCUT2D eigenvalue weighted by Crippen LogP contribution is -2.45. The van der Waals surface area contributed by atoms with Gasteiger partial charge in [-0.2, -0.15) is 0 Å². The highest BCUT2D eigenvalue weighted by Crippen LogP contribution is 2.39. The Hall–Kier alpha value is -3.94. The molecule has 3 aliphatic rings. The highest BCUT2D eigenvalue weighted by atomic mass is 32.2. The van der Waals surface area contributed by atoms with Gasteiger partial charge in [0.2, 0.25) is 10.0 Å². The minimum Gasteiger partial charge on any atom is -0.492 e. The summed E-state index contributed by atoms with van der Waals surface area (Å²) in [6.45, 7) is 12.9. The van der Waals surface area contributed by atoms with Crippen LogP contribution in [0, 0.1) is 12.8 Å². The van der Waals surface area contributed by atoms with Crippen molar-refractivity contribution < 1.29 is 17.9 Å². The van der Waals surface area contributed by atoms with E-state index in [2.05, 4.69) is 49.2 Å². The summed E-state index contributed by atoms with van der Waals surface area (Å²) in [7, 11) is -0.0141. The van der Waals surface area contributed by atoms with Gasteiger partial charge >= 0.3 is 0 Å². The van der Waals surface area contributed by atoms with Crippen LogP contribution in [0.3, 0.4) is 0 Å². The number of benzene rings is 2. The predicted octanol–water partition coefficient (Wildman–Crippen LogP) is 2.90. The molecule has 0 spiro atoms. The number of hydrazine groups is 2. The maximum atomic E-state index is 13.6. The second-order valence-electron chi connectivity index (χ2n) is 12.6. The van der Waals surface area contributed by atoms with Crippen molar-refractivity contribution in [2.75, 3.05) is 68.2 Å². The molecule has 1 atom stereocenters. The third-order valence-electron chi connectivity index (χ3n) is 8.07. The summed E-state index contributed by atoms with van der Waals surface area (Å²) in [5.74, 6) is 1.34. The summed E-state index contributed by atoms with van der Waals surface area (Å²) in [5, 5.41) is 8.26. The molecule has 0 aliphatic carbocycles. The van der Waals surface area contributed by atoms with Crippen molar-refractivity contribution in [3.8, 4) is 5.75 Å². The van der Waals surface area contributed by atoms with Gasteiger partial charge in [-0.25, -0.2) is 8.42 Å². The first-order valence-electron chi connectivity index (χ1n) is 14.8. The average molecular weight is 625 g/mol. The molecule has 44 heavy (non-hydrogen) atoms. The number of hydrogen-bond donors (Lipinski definition) is 5. The number of rotatable bonds is 8. The zero-order valence-corrected chi connectivity index (χ0v) is 27.4. The number of carbonyl (C=O) groups excluding carboxylic acids is 1. The molecule has 5 N–H and O–H groups in total. The zero-order valence-electron chi connectivity index (χ0n) is 26.5. The second kappa shape index (κ2) is 12.2. The number of anilines is 3. The van der Waals surface area contributed by atoms with Crippen LogP contribution in [0.5, 0.6) is 5.75 Å². The first-order valence-corrected chi connectivity index (χ1v) is 16.7. The Morgan fingerprint density at radius 3 is 2.45 bits per heavy atom. The number of ether oxygens (including phenoxy) is 1. The van der Waals surface area contributed by atoms with E-state index >= 15 is 0 Å². The van der Waals surface area contributed by atoms with E-state index in [1.165, 1.54) is 12.9 Å². The van der Waals surface area contributed by atoms with Crippen LogP contribution in [0.15, 0.2) is 54.1 Å². The van der Waals surface area contributed by atoms with Gasteiger partial charge in [0, 0.05) is 57.5 Å². The Labute approximate surface area is 260 Å². The lowest BCUT2D eigenvalue weighted by atomic mass is 9.86. The van der Waals surface area contributed by atoms with E-state index in [0.29, 0.717) is 11.3 Å². The molecular formula is C31H44N8O4S. The van der Waals surface area contributed by atoms with Crippen molar-refractivity contribution in [1.29, 1.82) is 0 Å². The summed E-state index contributed by atoms with van der Waals surface area (Å²) in [6, 6.07) is 9.06. The number of nitrogens with one attached hydrogen (secondary N) is 5. The Bertz CT molecular complexity index is 1590. The fourth-order valence-corrected chi connectivity index (χ4v) is 6.23. The van der Waals surface area contributed by atoms with Gasteiger partial charge in [0.25, 0.3) is 5.91 Å². The Morgan fingerprint density at radius 2 is 1.80 bits per heavy atom. The van der Waals surface area contributed by atoms with E-state index in [-0.39, 0.29) is 28.7 Å². The third-order valence-corrected chi connectivity index (χ3v) is 8.67. The lowest BCUT2D eigenvalue weighted by molar-refractivity contribution is 0.102. The van der Waals surface area contributed by atoms with Crippen molar-refractivity contribution in [2.24, 2.45) is 5.92 Å². The number of amides is 1. The summed E-state index contributed by atoms with van der Waals surface area (Å²) in [6.07, 6.45) is 5.44. The van der Waals surface area contributed by atoms with E-state index in [0.717, 1.165) is 61.5 Å². The minimum atomic E-state index is -3.59. The van der Waals surface area contributed by atoms with Gasteiger partial charge in [0.15, 0.2) is 5.75 Å². The summed E-state index contributed by atoms with van der Waals surface area (Å²) >= 11 is 0. The van der Waals surface area contributed by atoms with Gasteiger partial charge in [-0.1, -0.05) is 26.8 Å². The van der Waals surface area contributed by atoms with E-state index in [1.807, 2.05) is 57.1 Å². The van der Waals surface area contributed by atoms with Crippen LogP contribution in [-0.2, 0) is 15.4 Å². The molecule has 1 unspecified atom stereocenters. The molecule has 12 nitrogen and oxygen atoms in total. The average Bonchev–Trinajstić information content (AvgIpc) is 3.59. The van der Waals surface area contributed by atoms with Gasteiger partial charge in [0.05, 0.1) is 36.1 Å². The molecule has 0 bridgehead atoms. The van der Waals surface area contributed by atoms with Crippen LogP contribution >= 0.6 is 0 Å². The smallest absolute Gasteiger partial charge is 0.255 e. The molecule has 0 saturated carbocycles. The molecule has 0 aromatic heterocycles. The first-order chi connectivity index (χ1) is 20.7. The van der Waals surface area contributed by atoms with Crippen molar-refractivity contribution in [1.82, 2.24) is 26.1 Å². The molecule has 13 heteroatoms. The Morgan fingerprint density at radius 1 is 1.09 bits per heavy atom. The summed E-state index contributed by atoms with van der Waals surface area (Å²) in [4.78, 5) is 18.3. The van der Waals surface area contributed by atoms with Gasteiger partial charge in [-0.15, -0.1) is 5.53 Å². The van der Waals surface area contributed by atoms with Crippen molar-refractivity contribution in [3.63, 3.8) is 0 Å². The first kappa shape index (κ1) is 31.5. The molecular weight excluding hydrogens is 580 g/mol. The molecule has 2 aromatic carbocycles. The van der Waals surface area contributed by atoms with Crippen LogP contribution in [-0.4, -0.2) is 77.3 Å².